The number of nitrogens with zero attached hydrogens (tertiary/aromatic N) is 2. The molecule has 0 saturated heterocycles. The Morgan fingerprint density at radius 3 is 2.42 bits per heavy atom. The average Bonchev–Trinajstić information content (AvgIpc) is 3.29. The number of aliphatic hydroxyl groups excluding tert-OH is 2. The SMILES string of the molecule is O=C(NC1CCCCC1O)c1nc(-c2ccccc2Cl)n(-c2ccc(OS(=O)(=O)CCC(F)(F)F)cc2)c1CO. The Labute approximate surface area is 233 Å². The Hall–Kier alpha value is -3.13. The van der Waals surface area contributed by atoms with Crippen LogP contribution in [0, 0.1) is 0 Å². The monoisotopic (exact) mass is 601 g/mol. The van der Waals surface area contributed by atoms with Gasteiger partial charge in [0.25, 0.3) is 5.91 Å². The third kappa shape index (κ3) is 7.14. The summed E-state index contributed by atoms with van der Waals surface area (Å²) >= 11 is 6.42. The Morgan fingerprint density at radius 2 is 1.80 bits per heavy atom. The minimum absolute atomic E-state index is 0.0924. The summed E-state index contributed by atoms with van der Waals surface area (Å²) in [5.74, 6) is -1.85. The lowest BCUT2D eigenvalue weighted by Gasteiger charge is -2.28. The normalized spacial score (nSPS) is 17.9. The van der Waals surface area contributed by atoms with E-state index in [-0.39, 0.29) is 23.0 Å². The lowest BCUT2D eigenvalue weighted by molar-refractivity contribution is -0.130. The molecular weight excluding hydrogens is 575 g/mol. The van der Waals surface area contributed by atoms with Gasteiger partial charge in [0.2, 0.25) is 0 Å². The molecule has 0 radical (unpaired) electrons. The molecule has 0 spiro atoms. The van der Waals surface area contributed by atoms with Crippen LogP contribution in [0.4, 0.5) is 13.2 Å². The highest BCUT2D eigenvalue weighted by molar-refractivity contribution is 7.87. The predicted octanol–water partition coefficient (Wildman–Crippen LogP) is 4.38. The van der Waals surface area contributed by atoms with Crippen LogP contribution >= 0.6 is 11.6 Å². The summed E-state index contributed by atoms with van der Waals surface area (Å²) in [7, 11) is -4.51. The minimum Gasteiger partial charge on any atom is -0.391 e. The third-order valence-electron chi connectivity index (χ3n) is 6.45. The van der Waals surface area contributed by atoms with Gasteiger partial charge >= 0.3 is 16.3 Å². The number of carbonyl (C=O) groups is 1. The molecule has 1 heterocycles. The van der Waals surface area contributed by atoms with Crippen molar-refractivity contribution < 1.29 is 40.8 Å². The van der Waals surface area contributed by atoms with Crippen molar-refractivity contribution in [3.63, 3.8) is 0 Å². The standard InChI is InChI=1S/C26H27ClF3N3O6S/c27-19-6-2-1-5-18(19)24-32-23(25(36)31-20-7-3-4-8-22(20)35)21(15-34)33(24)16-9-11-17(12-10-16)39-40(37,38)14-13-26(28,29)30/h1-2,5-6,9-12,20,22,34-35H,3-4,7-8,13-15H2,(H,31,36). The van der Waals surface area contributed by atoms with E-state index in [2.05, 4.69) is 10.3 Å². The fraction of sp³-hybridized carbons (Fsp3) is 0.385. The number of rotatable bonds is 9. The lowest BCUT2D eigenvalue weighted by atomic mass is 9.92. The van der Waals surface area contributed by atoms with Gasteiger partial charge in [-0.2, -0.15) is 21.6 Å². The number of benzene rings is 2. The highest BCUT2D eigenvalue weighted by Crippen LogP contribution is 2.33. The summed E-state index contributed by atoms with van der Waals surface area (Å²) in [6.07, 6.45) is -4.08. The Kier molecular flexibility index (Phi) is 9.08. The summed E-state index contributed by atoms with van der Waals surface area (Å²) < 4.78 is 67.6. The molecule has 1 saturated carbocycles. The van der Waals surface area contributed by atoms with Gasteiger partial charge < -0.3 is 19.7 Å². The second kappa shape index (κ2) is 12.2. The van der Waals surface area contributed by atoms with Crippen molar-refractivity contribution in [2.45, 2.75) is 57.0 Å². The van der Waals surface area contributed by atoms with Crippen LogP contribution in [0.2, 0.25) is 5.02 Å². The van der Waals surface area contributed by atoms with Crippen molar-refractivity contribution in [3.8, 4) is 22.8 Å². The largest absolute Gasteiger partial charge is 0.391 e. The van der Waals surface area contributed by atoms with Gasteiger partial charge in [0, 0.05) is 11.3 Å². The van der Waals surface area contributed by atoms with Crippen molar-refractivity contribution in [1.82, 2.24) is 14.9 Å². The first-order valence-corrected chi connectivity index (χ1v) is 14.4. The molecule has 2 atom stereocenters. The number of aliphatic hydroxyl groups is 2. The van der Waals surface area contributed by atoms with Crippen molar-refractivity contribution in [3.05, 3.63) is 64.9 Å². The predicted molar refractivity (Wildman–Crippen MR) is 141 cm³/mol. The second-order valence-corrected chi connectivity index (χ2v) is 11.4. The van der Waals surface area contributed by atoms with E-state index in [0.29, 0.717) is 29.1 Å². The van der Waals surface area contributed by atoms with E-state index in [0.717, 1.165) is 12.8 Å². The van der Waals surface area contributed by atoms with Crippen LogP contribution in [-0.2, 0) is 16.7 Å². The first kappa shape index (κ1) is 29.8. The summed E-state index contributed by atoms with van der Waals surface area (Å²) in [4.78, 5) is 17.8. The highest BCUT2D eigenvalue weighted by Gasteiger charge is 2.31. The Morgan fingerprint density at radius 1 is 1.12 bits per heavy atom. The van der Waals surface area contributed by atoms with E-state index in [9.17, 15) is 36.6 Å². The summed E-state index contributed by atoms with van der Waals surface area (Å²) in [5.41, 5.74) is 0.781. The zero-order chi connectivity index (χ0) is 29.1. The van der Waals surface area contributed by atoms with Gasteiger partial charge in [-0.3, -0.25) is 9.36 Å². The van der Waals surface area contributed by atoms with E-state index in [1.807, 2.05) is 0 Å². The number of halogens is 4. The molecule has 3 aromatic rings. The van der Waals surface area contributed by atoms with Gasteiger partial charge in [0.05, 0.1) is 41.6 Å². The maximum Gasteiger partial charge on any atom is 0.390 e. The number of aromatic nitrogens is 2. The van der Waals surface area contributed by atoms with Crippen molar-refractivity contribution in [2.24, 2.45) is 0 Å². The maximum atomic E-state index is 13.3. The van der Waals surface area contributed by atoms with E-state index >= 15 is 0 Å². The van der Waals surface area contributed by atoms with E-state index in [1.54, 1.807) is 24.3 Å². The van der Waals surface area contributed by atoms with Gasteiger partial charge in [-0.05, 0) is 49.2 Å². The molecule has 0 aliphatic heterocycles. The molecule has 14 heteroatoms. The molecule has 3 N–H and O–H groups in total. The Bertz CT molecular complexity index is 1460. The molecule has 1 fully saturated rings. The maximum absolute atomic E-state index is 13.3. The number of alkyl halides is 3. The first-order chi connectivity index (χ1) is 18.9. The number of nitrogens with one attached hydrogen (secondary N) is 1. The molecule has 9 nitrogen and oxygen atoms in total. The van der Waals surface area contributed by atoms with Crippen molar-refractivity contribution >= 4 is 27.6 Å². The van der Waals surface area contributed by atoms with E-state index in [1.165, 1.54) is 28.8 Å². The number of hydrogen-bond acceptors (Lipinski definition) is 7. The molecule has 2 aromatic carbocycles. The molecule has 4 rings (SSSR count). The van der Waals surface area contributed by atoms with E-state index < -0.39 is 53.1 Å². The van der Waals surface area contributed by atoms with Crippen LogP contribution in [-0.4, -0.2) is 58.2 Å². The molecule has 1 aromatic heterocycles. The van der Waals surface area contributed by atoms with Gasteiger partial charge in [-0.15, -0.1) is 0 Å². The van der Waals surface area contributed by atoms with Gasteiger partial charge in [0.1, 0.15) is 11.6 Å². The first-order valence-electron chi connectivity index (χ1n) is 12.4. The molecule has 0 bridgehead atoms. The molecule has 2 unspecified atom stereocenters. The average molecular weight is 602 g/mol. The fourth-order valence-electron chi connectivity index (χ4n) is 4.48. The van der Waals surface area contributed by atoms with Crippen LogP contribution < -0.4 is 9.50 Å². The van der Waals surface area contributed by atoms with Gasteiger partial charge in [-0.25, -0.2) is 4.98 Å². The molecule has 1 aliphatic rings. The van der Waals surface area contributed by atoms with Crippen molar-refractivity contribution in [1.29, 1.82) is 0 Å². The summed E-state index contributed by atoms with van der Waals surface area (Å²) in [5, 5.41) is 23.7. The summed E-state index contributed by atoms with van der Waals surface area (Å²) in [6.45, 7) is -0.614. The van der Waals surface area contributed by atoms with Crippen LogP contribution in [0.3, 0.4) is 0 Å². The zero-order valence-corrected chi connectivity index (χ0v) is 22.6. The molecular formula is C26H27ClF3N3O6S. The number of imidazole rings is 1. The van der Waals surface area contributed by atoms with Crippen LogP contribution in [0.5, 0.6) is 5.75 Å². The third-order valence-corrected chi connectivity index (χ3v) is 7.93. The summed E-state index contributed by atoms with van der Waals surface area (Å²) in [6, 6.07) is 11.5. The molecule has 1 aliphatic carbocycles. The smallest absolute Gasteiger partial charge is 0.390 e. The van der Waals surface area contributed by atoms with Crippen molar-refractivity contribution in [2.75, 3.05) is 5.75 Å². The van der Waals surface area contributed by atoms with Crippen LogP contribution in [0.1, 0.15) is 48.3 Å². The molecule has 1 amide bonds. The van der Waals surface area contributed by atoms with Crippen LogP contribution in [0.25, 0.3) is 17.1 Å². The van der Waals surface area contributed by atoms with Gasteiger partial charge in [0.15, 0.2) is 5.69 Å². The number of carbonyl (C=O) groups excluding carboxylic acids is 1. The second-order valence-electron chi connectivity index (χ2n) is 9.34. The zero-order valence-electron chi connectivity index (χ0n) is 21.1. The quantitative estimate of drug-likeness (QED) is 0.310. The Balaban J connectivity index is 1.70. The van der Waals surface area contributed by atoms with Crippen LogP contribution in [0.15, 0.2) is 48.5 Å². The minimum atomic E-state index is -4.66. The fourth-order valence-corrected chi connectivity index (χ4v) is 5.67. The number of hydrogen-bond donors (Lipinski definition) is 3. The molecule has 40 heavy (non-hydrogen) atoms. The van der Waals surface area contributed by atoms with Gasteiger partial charge in [-0.1, -0.05) is 36.6 Å². The molecule has 216 valence electrons. The lowest BCUT2D eigenvalue weighted by Crippen LogP contribution is -2.45. The van der Waals surface area contributed by atoms with E-state index in [4.69, 9.17) is 15.8 Å². The number of amides is 1. The topological polar surface area (TPSA) is 131 Å². The highest BCUT2D eigenvalue weighted by atomic mass is 35.5.